The van der Waals surface area contributed by atoms with Crippen molar-refractivity contribution in [3.05, 3.63) is 103 Å². The SMILES string of the molecule is COc1cc(Nc2nccc(Oc3ccc(NC(=O)Nc4cc(C(C)C)nn4-c4ccc(OC)nc4)c4ccccc34)n2)cc(C(=O)NCCN2CCOCC2)c1.[2H]CI. The third kappa shape index (κ3) is 11.1. The number of methoxy groups -OCH3 is 2. The quantitative estimate of drug-likeness (QED) is 0.0621. The topological polar surface area (TPSA) is 179 Å². The predicted octanol–water partition coefficient (Wildman–Crippen LogP) is 7.64. The number of carbonyl (C=O) groups excluding carboxylic acids is 2. The van der Waals surface area contributed by atoms with Gasteiger partial charge in [0.2, 0.25) is 17.7 Å². The van der Waals surface area contributed by atoms with Crippen LogP contribution in [0.5, 0.6) is 23.3 Å². The molecule has 17 heteroatoms. The lowest BCUT2D eigenvalue weighted by molar-refractivity contribution is 0.0383. The fourth-order valence-corrected chi connectivity index (χ4v) is 6.20. The first-order valence-corrected chi connectivity index (χ1v) is 20.3. The maximum Gasteiger partial charge on any atom is 0.324 e. The van der Waals surface area contributed by atoms with E-state index < -0.39 is 6.03 Å². The Hall–Kier alpha value is -6.05. The minimum absolute atomic E-state index is 0.128. The standard InChI is InChI=1S/C41H44N10O6.CH3I/c1-26(2)34-24-36(51(49-34)29-9-12-37(55-4)44-25-29)47-41(53)46-33-10-11-35(32-8-6-5-7-31(32)33)57-38-13-14-43-40(48-38)45-28-21-27(22-30(23-28)54-3)39(52)42-15-16-50-17-19-56-20-18-50;1-2/h5-14,21-26H,15-20H2,1-4H3,(H,42,52)(H,43,45,48)(H2,46,47,53);1H3/i;1D. The number of benzene rings is 3. The Morgan fingerprint density at radius 3 is 2.46 bits per heavy atom. The molecule has 3 aromatic carbocycles. The Bertz CT molecular complexity index is 2380. The van der Waals surface area contributed by atoms with E-state index in [9.17, 15) is 9.59 Å². The third-order valence-corrected chi connectivity index (χ3v) is 9.19. The lowest BCUT2D eigenvalue weighted by atomic mass is 10.1. The van der Waals surface area contributed by atoms with Crippen molar-refractivity contribution < 1.29 is 29.9 Å². The molecule has 4 heterocycles. The molecule has 0 spiro atoms. The molecule has 59 heavy (non-hydrogen) atoms. The van der Waals surface area contributed by atoms with Crippen molar-refractivity contribution in [2.45, 2.75) is 19.8 Å². The average molecular weight is 916 g/mol. The highest BCUT2D eigenvalue weighted by atomic mass is 127. The van der Waals surface area contributed by atoms with E-state index in [1.54, 1.807) is 73.8 Å². The van der Waals surface area contributed by atoms with Crippen LogP contribution in [0.1, 0.15) is 37.2 Å². The maximum atomic E-state index is 13.5. The second-order valence-electron chi connectivity index (χ2n) is 13.4. The van der Waals surface area contributed by atoms with Crippen LogP contribution >= 0.6 is 22.6 Å². The van der Waals surface area contributed by atoms with Crippen molar-refractivity contribution in [1.29, 1.82) is 0 Å². The van der Waals surface area contributed by atoms with Gasteiger partial charge < -0.3 is 34.9 Å². The summed E-state index contributed by atoms with van der Waals surface area (Å²) < 4.78 is 30.2. The van der Waals surface area contributed by atoms with Gasteiger partial charge in [-0.2, -0.15) is 10.1 Å². The highest BCUT2D eigenvalue weighted by Gasteiger charge is 2.18. The smallest absolute Gasteiger partial charge is 0.324 e. The number of urea groups is 1. The molecule has 308 valence electrons. The summed E-state index contributed by atoms with van der Waals surface area (Å²) >= 11 is 1.96. The summed E-state index contributed by atoms with van der Waals surface area (Å²) in [5.74, 6) is 2.41. The molecule has 0 aliphatic carbocycles. The lowest BCUT2D eigenvalue weighted by Crippen LogP contribution is -2.41. The number of hydrogen-bond donors (Lipinski definition) is 4. The van der Waals surface area contributed by atoms with E-state index in [0.29, 0.717) is 70.5 Å². The zero-order chi connectivity index (χ0) is 42.4. The van der Waals surface area contributed by atoms with Gasteiger partial charge in [0.05, 0.1) is 50.7 Å². The zero-order valence-electron chi connectivity index (χ0n) is 34.2. The number of pyridine rings is 1. The van der Waals surface area contributed by atoms with E-state index >= 15 is 0 Å². The van der Waals surface area contributed by atoms with Crippen molar-refractivity contribution in [2.75, 3.05) is 74.5 Å². The normalized spacial score (nSPS) is 12.8. The molecule has 1 aliphatic heterocycles. The summed E-state index contributed by atoms with van der Waals surface area (Å²) in [6.07, 6.45) is 3.21. The predicted molar refractivity (Wildman–Crippen MR) is 237 cm³/mol. The van der Waals surface area contributed by atoms with Crippen LogP contribution < -0.4 is 35.5 Å². The molecule has 1 fully saturated rings. The number of rotatable bonds is 14. The average Bonchev–Trinajstić information content (AvgIpc) is 3.69. The number of nitrogens with zero attached hydrogens (tertiary/aromatic N) is 6. The highest BCUT2D eigenvalue weighted by Crippen LogP contribution is 2.35. The second kappa shape index (κ2) is 20.6. The van der Waals surface area contributed by atoms with Crippen LogP contribution in [-0.2, 0) is 4.74 Å². The van der Waals surface area contributed by atoms with Crippen molar-refractivity contribution in [1.82, 2.24) is 34.9 Å². The summed E-state index contributed by atoms with van der Waals surface area (Å²) in [6, 6.07) is 22.8. The van der Waals surface area contributed by atoms with Gasteiger partial charge in [0.1, 0.15) is 17.3 Å². The molecular formula is C42H47IN10O6. The highest BCUT2D eigenvalue weighted by molar-refractivity contribution is 14.1. The first-order chi connectivity index (χ1) is 29.2. The number of carbonyl (C=O) groups is 2. The number of morpholine rings is 1. The summed E-state index contributed by atoms with van der Waals surface area (Å²) in [4.78, 5) is 42.5. The molecule has 6 aromatic rings. The summed E-state index contributed by atoms with van der Waals surface area (Å²) in [5.41, 5.74) is 3.04. The molecule has 7 rings (SSSR count). The molecule has 3 amide bonds. The second-order valence-corrected chi connectivity index (χ2v) is 13.4. The number of ether oxygens (including phenoxy) is 4. The van der Waals surface area contributed by atoms with Gasteiger partial charge >= 0.3 is 6.03 Å². The summed E-state index contributed by atoms with van der Waals surface area (Å²) in [6.45, 7) is 8.42. The van der Waals surface area contributed by atoms with Crippen LogP contribution in [0.15, 0.2) is 91.3 Å². The molecular weight excluding hydrogens is 867 g/mol. The first kappa shape index (κ1) is 41.1. The van der Waals surface area contributed by atoms with E-state index in [2.05, 4.69) is 41.1 Å². The van der Waals surface area contributed by atoms with Gasteiger partial charge in [-0.1, -0.05) is 60.7 Å². The number of amides is 3. The third-order valence-electron chi connectivity index (χ3n) is 9.19. The largest absolute Gasteiger partial charge is 0.497 e. The fourth-order valence-electron chi connectivity index (χ4n) is 6.20. The van der Waals surface area contributed by atoms with Crippen LogP contribution in [0.3, 0.4) is 0 Å². The minimum Gasteiger partial charge on any atom is -0.497 e. The van der Waals surface area contributed by atoms with Crippen molar-refractivity contribution in [3.8, 4) is 28.9 Å². The lowest BCUT2D eigenvalue weighted by Gasteiger charge is -2.26. The van der Waals surface area contributed by atoms with Gasteiger partial charge in [-0.3, -0.25) is 15.0 Å². The van der Waals surface area contributed by atoms with E-state index in [0.717, 1.165) is 36.1 Å². The Kier molecular flexibility index (Phi) is 14.3. The molecule has 16 nitrogen and oxygen atoms in total. The monoisotopic (exact) mass is 915 g/mol. The molecule has 3 aromatic heterocycles. The number of alkyl halides is 1. The van der Waals surface area contributed by atoms with Gasteiger partial charge in [-0.15, -0.1) is 0 Å². The van der Waals surface area contributed by atoms with E-state index in [-0.39, 0.29) is 23.7 Å². The van der Waals surface area contributed by atoms with Gasteiger partial charge in [-0.25, -0.2) is 19.4 Å². The van der Waals surface area contributed by atoms with Crippen LogP contribution in [-0.4, -0.2) is 100 Å². The summed E-state index contributed by atoms with van der Waals surface area (Å²) in [7, 11) is 3.09. The van der Waals surface area contributed by atoms with E-state index in [4.69, 9.17) is 25.4 Å². The Morgan fingerprint density at radius 1 is 0.932 bits per heavy atom. The van der Waals surface area contributed by atoms with E-state index in [1.165, 1.54) is 0 Å². The molecule has 0 saturated carbocycles. The molecule has 1 aliphatic rings. The number of aromatic nitrogens is 5. The van der Waals surface area contributed by atoms with Crippen LogP contribution in [0.2, 0.25) is 0 Å². The number of fused-ring (bicyclic) bond motifs is 1. The van der Waals surface area contributed by atoms with Crippen molar-refractivity contribution >= 4 is 68.4 Å². The van der Waals surface area contributed by atoms with Gasteiger partial charge in [0, 0.05) is 80.0 Å². The molecule has 0 unspecified atom stereocenters. The molecule has 4 N–H and O–H groups in total. The number of halogens is 1. The maximum absolute atomic E-state index is 13.5. The fraction of sp³-hybridized carbons (Fsp3) is 0.286. The molecule has 0 atom stereocenters. The first-order valence-electron chi connectivity index (χ1n) is 19.5. The Labute approximate surface area is 357 Å². The number of anilines is 4. The van der Waals surface area contributed by atoms with Crippen molar-refractivity contribution in [3.63, 3.8) is 0 Å². The summed E-state index contributed by atoms with van der Waals surface area (Å²) in [5, 5.41) is 18.3. The zero-order valence-corrected chi connectivity index (χ0v) is 35.4. The van der Waals surface area contributed by atoms with Crippen molar-refractivity contribution in [2.24, 2.45) is 0 Å². The Balaban J connectivity index is 0.00000195. The van der Waals surface area contributed by atoms with Crippen LogP contribution in [0, 0.1) is 0 Å². The van der Waals surface area contributed by atoms with Crippen LogP contribution in [0.4, 0.5) is 27.9 Å². The molecule has 0 bridgehead atoms. The van der Waals surface area contributed by atoms with Crippen LogP contribution in [0.25, 0.3) is 16.5 Å². The number of hydrogen-bond acceptors (Lipinski definition) is 12. The van der Waals surface area contributed by atoms with E-state index in [1.807, 2.05) is 72.8 Å². The van der Waals surface area contributed by atoms with Gasteiger partial charge in [0.15, 0.2) is 0 Å². The van der Waals surface area contributed by atoms with Gasteiger partial charge in [-0.05, 0) is 41.2 Å². The molecule has 0 radical (unpaired) electrons. The number of nitrogens with one attached hydrogen (secondary N) is 4. The Morgan fingerprint density at radius 2 is 1.73 bits per heavy atom. The minimum atomic E-state index is -0.454. The molecule has 1 saturated heterocycles. The van der Waals surface area contributed by atoms with Gasteiger partial charge in [0.25, 0.3) is 5.91 Å².